The Hall–Kier alpha value is -3.44. The van der Waals surface area contributed by atoms with E-state index in [4.69, 9.17) is 4.74 Å². The van der Waals surface area contributed by atoms with Gasteiger partial charge in [-0.2, -0.15) is 9.78 Å². The van der Waals surface area contributed by atoms with Gasteiger partial charge in [0.25, 0.3) is 0 Å². The summed E-state index contributed by atoms with van der Waals surface area (Å²) in [6.45, 7) is 3.19. The van der Waals surface area contributed by atoms with Crippen LogP contribution < -0.4 is 10.4 Å². The van der Waals surface area contributed by atoms with E-state index in [9.17, 15) is 23.1 Å². The first-order valence-electron chi connectivity index (χ1n) is 10.9. The number of thiazole rings is 1. The molecule has 2 aromatic heterocycles. The van der Waals surface area contributed by atoms with Crippen molar-refractivity contribution in [2.24, 2.45) is 0 Å². The lowest BCUT2D eigenvalue weighted by Gasteiger charge is -2.39. The van der Waals surface area contributed by atoms with Gasteiger partial charge in [-0.1, -0.05) is 17.4 Å². The van der Waals surface area contributed by atoms with Crippen molar-refractivity contribution in [3.8, 4) is 16.5 Å². The molecular formula is C24H21F3N4O3S. The van der Waals surface area contributed by atoms with E-state index in [0.717, 1.165) is 38.8 Å². The lowest BCUT2D eigenvalue weighted by molar-refractivity contribution is -0.0313. The van der Waals surface area contributed by atoms with Gasteiger partial charge in [0, 0.05) is 17.5 Å². The molecule has 1 fully saturated rings. The average molecular weight is 503 g/mol. The molecule has 0 atom stereocenters. The van der Waals surface area contributed by atoms with E-state index in [-0.39, 0.29) is 29.5 Å². The predicted octanol–water partition coefficient (Wildman–Crippen LogP) is 4.69. The Morgan fingerprint density at radius 1 is 1.17 bits per heavy atom. The van der Waals surface area contributed by atoms with Crippen LogP contribution in [-0.4, -0.2) is 30.0 Å². The molecular weight excluding hydrogens is 481 g/mol. The van der Waals surface area contributed by atoms with Crippen molar-refractivity contribution in [1.29, 1.82) is 0 Å². The second kappa shape index (κ2) is 8.65. The maximum Gasteiger partial charge on any atom is 0.350 e. The number of aryl methyl sites for hydroxylation is 1. The third-order valence-electron chi connectivity index (χ3n) is 5.98. The van der Waals surface area contributed by atoms with E-state index in [2.05, 4.69) is 10.1 Å². The molecule has 7 nitrogen and oxygen atoms in total. The van der Waals surface area contributed by atoms with Crippen molar-refractivity contribution in [1.82, 2.24) is 19.3 Å². The maximum atomic E-state index is 14.9. The van der Waals surface area contributed by atoms with Crippen LogP contribution in [0.2, 0.25) is 0 Å². The van der Waals surface area contributed by atoms with E-state index < -0.39 is 28.7 Å². The van der Waals surface area contributed by atoms with E-state index in [1.165, 1.54) is 29.5 Å². The minimum atomic E-state index is -0.776. The van der Waals surface area contributed by atoms with Crippen LogP contribution in [0.4, 0.5) is 13.2 Å². The van der Waals surface area contributed by atoms with Gasteiger partial charge >= 0.3 is 5.69 Å². The quantitative estimate of drug-likeness (QED) is 0.414. The molecule has 2 heterocycles. The van der Waals surface area contributed by atoms with Crippen molar-refractivity contribution in [2.45, 2.75) is 44.8 Å². The average Bonchev–Trinajstić information content (AvgIpc) is 3.32. The third-order valence-corrected chi connectivity index (χ3v) is 7.18. The van der Waals surface area contributed by atoms with E-state index in [1.807, 2.05) is 0 Å². The molecule has 0 spiro atoms. The molecule has 1 aliphatic carbocycles. The van der Waals surface area contributed by atoms with Gasteiger partial charge in [-0.25, -0.2) is 22.9 Å². The van der Waals surface area contributed by atoms with Gasteiger partial charge in [-0.3, -0.25) is 4.57 Å². The zero-order valence-electron chi connectivity index (χ0n) is 18.8. The molecule has 1 saturated carbocycles. The first kappa shape index (κ1) is 23.3. The van der Waals surface area contributed by atoms with Crippen molar-refractivity contribution >= 4 is 11.3 Å². The molecule has 0 radical (unpaired) electrons. The third kappa shape index (κ3) is 4.48. The summed E-state index contributed by atoms with van der Waals surface area (Å²) in [7, 11) is 0. The Bertz CT molecular complexity index is 1450. The summed E-state index contributed by atoms with van der Waals surface area (Å²) in [5.74, 6) is -2.17. The van der Waals surface area contributed by atoms with E-state index >= 15 is 0 Å². The number of benzene rings is 2. The van der Waals surface area contributed by atoms with Crippen molar-refractivity contribution < 1.29 is 23.0 Å². The fourth-order valence-corrected chi connectivity index (χ4v) is 5.16. The highest BCUT2D eigenvalue weighted by Gasteiger charge is 2.41. The van der Waals surface area contributed by atoms with Crippen LogP contribution >= 0.6 is 11.3 Å². The molecule has 0 amide bonds. The highest BCUT2D eigenvalue weighted by molar-refractivity contribution is 7.13. The first-order valence-corrected chi connectivity index (χ1v) is 11.7. The summed E-state index contributed by atoms with van der Waals surface area (Å²) in [5.41, 5.74) is -0.878. The van der Waals surface area contributed by atoms with Crippen LogP contribution in [0.25, 0.3) is 5.69 Å². The van der Waals surface area contributed by atoms with Crippen molar-refractivity contribution in [2.75, 3.05) is 0 Å². The summed E-state index contributed by atoms with van der Waals surface area (Å²) in [6.07, 6.45) is 2.37. The Balaban J connectivity index is 1.35. The summed E-state index contributed by atoms with van der Waals surface area (Å²) in [4.78, 5) is 17.2. The summed E-state index contributed by atoms with van der Waals surface area (Å²) < 4.78 is 50.5. The van der Waals surface area contributed by atoms with Gasteiger partial charge in [0.05, 0.1) is 28.5 Å². The van der Waals surface area contributed by atoms with Crippen LogP contribution in [0.3, 0.4) is 0 Å². The smallest absolute Gasteiger partial charge is 0.350 e. The maximum absolute atomic E-state index is 14.9. The molecule has 11 heteroatoms. The Labute approximate surface area is 202 Å². The molecule has 4 aromatic rings. The number of rotatable bonds is 6. The minimum Gasteiger partial charge on any atom is -0.442 e. The van der Waals surface area contributed by atoms with Gasteiger partial charge in [0.15, 0.2) is 11.6 Å². The van der Waals surface area contributed by atoms with Gasteiger partial charge in [-0.15, -0.1) is 0 Å². The topological polar surface area (TPSA) is 82.2 Å². The lowest BCUT2D eigenvalue weighted by atomic mass is 9.72. The van der Waals surface area contributed by atoms with Gasteiger partial charge in [0.2, 0.25) is 5.06 Å². The van der Waals surface area contributed by atoms with Crippen LogP contribution in [0.5, 0.6) is 10.8 Å². The van der Waals surface area contributed by atoms with Gasteiger partial charge in [0.1, 0.15) is 18.0 Å². The zero-order valence-corrected chi connectivity index (χ0v) is 19.7. The number of ether oxygens (including phenoxy) is 1. The van der Waals surface area contributed by atoms with Crippen LogP contribution in [0.1, 0.15) is 41.9 Å². The van der Waals surface area contributed by atoms with E-state index in [0.29, 0.717) is 23.6 Å². The predicted molar refractivity (Wildman–Crippen MR) is 123 cm³/mol. The highest BCUT2D eigenvalue weighted by Crippen LogP contribution is 2.47. The van der Waals surface area contributed by atoms with E-state index in [1.54, 1.807) is 13.8 Å². The molecule has 5 rings (SSSR count). The molecule has 35 heavy (non-hydrogen) atoms. The number of aromatic nitrogens is 4. The summed E-state index contributed by atoms with van der Waals surface area (Å²) in [5, 5.41) is 15.2. The molecule has 1 N–H and O–H groups in total. The number of aliphatic hydroxyl groups is 1. The number of halogens is 3. The van der Waals surface area contributed by atoms with Crippen LogP contribution in [0, 0.1) is 24.4 Å². The number of hydrogen-bond acceptors (Lipinski definition) is 6. The highest BCUT2D eigenvalue weighted by atomic mass is 32.1. The van der Waals surface area contributed by atoms with Gasteiger partial charge < -0.3 is 9.84 Å². The fourth-order valence-electron chi connectivity index (χ4n) is 4.13. The van der Waals surface area contributed by atoms with Gasteiger partial charge in [-0.05, 0) is 51.0 Å². The van der Waals surface area contributed by atoms with Crippen molar-refractivity contribution in [3.63, 3.8) is 0 Å². The number of nitrogens with zero attached hydrogens (tertiary/aromatic N) is 4. The molecule has 0 saturated heterocycles. The van der Waals surface area contributed by atoms with Crippen LogP contribution in [0.15, 0.2) is 47.5 Å². The summed E-state index contributed by atoms with van der Waals surface area (Å²) >= 11 is 1.31. The Morgan fingerprint density at radius 3 is 2.54 bits per heavy atom. The fraction of sp³-hybridized carbons (Fsp3) is 0.292. The molecule has 0 unspecified atom stereocenters. The largest absolute Gasteiger partial charge is 0.442 e. The van der Waals surface area contributed by atoms with Crippen LogP contribution in [-0.2, 0) is 6.54 Å². The normalized spacial score (nSPS) is 19.5. The second-order valence-corrected chi connectivity index (χ2v) is 9.89. The monoisotopic (exact) mass is 502 g/mol. The van der Waals surface area contributed by atoms with Crippen molar-refractivity contribution in [3.05, 3.63) is 86.9 Å². The zero-order chi connectivity index (χ0) is 24.9. The molecule has 0 aliphatic heterocycles. The second-order valence-electron chi connectivity index (χ2n) is 8.90. The number of hydrogen-bond donors (Lipinski definition) is 1. The SMILES string of the molecule is Cc1nc(C2CC(C)(O)C2)sc1Oc1ccc(-n2ncn(Cc3c(F)cccc3F)c2=O)cc1F. The minimum absolute atomic E-state index is 0.0476. The molecule has 2 aromatic carbocycles. The molecule has 0 bridgehead atoms. The molecule has 182 valence electrons. The Morgan fingerprint density at radius 2 is 1.89 bits per heavy atom. The standard InChI is InChI=1S/C24H21F3N4O3S/c1-13-22(35-21(29-13)14-9-24(2,33)10-14)34-20-7-6-15(8-19(20)27)31-23(32)30(12-28-31)11-16-17(25)4-3-5-18(16)26/h3-8,12,14,33H,9-11H2,1-2H3. The Kier molecular flexibility index (Phi) is 5.76. The summed E-state index contributed by atoms with van der Waals surface area (Å²) in [6, 6.07) is 7.37. The first-order chi connectivity index (χ1) is 16.6. The molecule has 1 aliphatic rings. The lowest BCUT2D eigenvalue weighted by Crippen LogP contribution is -2.39.